The van der Waals surface area contributed by atoms with Crippen LogP contribution >= 0.6 is 0 Å². The summed E-state index contributed by atoms with van der Waals surface area (Å²) >= 11 is 0. The summed E-state index contributed by atoms with van der Waals surface area (Å²) in [6.07, 6.45) is 2.99. The van der Waals surface area contributed by atoms with Gasteiger partial charge in [0.15, 0.2) is 6.61 Å². The van der Waals surface area contributed by atoms with E-state index in [0.717, 1.165) is 0 Å². The van der Waals surface area contributed by atoms with E-state index in [-0.39, 0.29) is 30.4 Å². The molecule has 1 saturated heterocycles. The first kappa shape index (κ1) is 18.9. The van der Waals surface area contributed by atoms with Crippen LogP contribution in [-0.2, 0) is 9.59 Å². The molecule has 2 aromatic rings. The molecule has 7 heteroatoms. The zero-order valence-electron chi connectivity index (χ0n) is 15.8. The smallest absolute Gasteiger partial charge is 0.260 e. The first-order chi connectivity index (χ1) is 13.0. The normalized spacial score (nSPS) is 15.0. The fraction of sp³-hybridized carbons (Fsp3) is 0.450. The van der Waals surface area contributed by atoms with Crippen molar-refractivity contribution in [3.05, 3.63) is 42.6 Å². The van der Waals surface area contributed by atoms with Crippen LogP contribution in [0.5, 0.6) is 5.75 Å². The Morgan fingerprint density at radius 2 is 1.89 bits per heavy atom. The number of benzene rings is 1. The molecule has 1 fully saturated rings. The second-order valence-corrected chi connectivity index (χ2v) is 7.00. The molecular formula is C20H26N4O3. The molecule has 1 aromatic carbocycles. The molecule has 0 radical (unpaired) electrons. The number of hydrogen-bond acceptors (Lipinski definition) is 4. The number of ether oxygens (including phenoxy) is 1. The van der Waals surface area contributed by atoms with E-state index in [1.807, 2.05) is 44.2 Å². The third-order valence-electron chi connectivity index (χ3n) is 4.73. The van der Waals surface area contributed by atoms with Crippen LogP contribution in [0.1, 0.15) is 32.7 Å². The topological polar surface area (TPSA) is 76.5 Å². The van der Waals surface area contributed by atoms with Crippen LogP contribution in [0.15, 0.2) is 42.6 Å². The Morgan fingerprint density at radius 1 is 1.19 bits per heavy atom. The number of rotatable bonds is 6. The third kappa shape index (κ3) is 4.87. The molecule has 0 bridgehead atoms. The highest BCUT2D eigenvalue weighted by atomic mass is 16.5. The number of hydrogen-bond donors (Lipinski definition) is 1. The predicted molar refractivity (Wildman–Crippen MR) is 102 cm³/mol. The van der Waals surface area contributed by atoms with Crippen LogP contribution in [-0.4, -0.2) is 46.2 Å². The van der Waals surface area contributed by atoms with Gasteiger partial charge in [0.25, 0.3) is 5.91 Å². The highest BCUT2D eigenvalue weighted by Crippen LogP contribution is 2.21. The molecule has 7 nitrogen and oxygen atoms in total. The van der Waals surface area contributed by atoms with Crippen LogP contribution in [0.3, 0.4) is 0 Å². The lowest BCUT2D eigenvalue weighted by molar-refractivity contribution is -0.136. The molecule has 144 valence electrons. The van der Waals surface area contributed by atoms with E-state index in [2.05, 4.69) is 10.4 Å². The van der Waals surface area contributed by atoms with Crippen LogP contribution < -0.4 is 10.1 Å². The Kier molecular flexibility index (Phi) is 6.11. The van der Waals surface area contributed by atoms with Crippen molar-refractivity contribution in [2.24, 2.45) is 5.92 Å². The summed E-state index contributed by atoms with van der Waals surface area (Å²) in [6, 6.07) is 11.3. The van der Waals surface area contributed by atoms with Crippen molar-refractivity contribution in [2.75, 3.05) is 25.0 Å². The highest BCUT2D eigenvalue weighted by molar-refractivity contribution is 5.92. The van der Waals surface area contributed by atoms with Gasteiger partial charge in [-0.05, 0) is 38.8 Å². The Balaban J connectivity index is 1.46. The number of amides is 2. The molecule has 2 amide bonds. The molecule has 27 heavy (non-hydrogen) atoms. The molecule has 1 aromatic heterocycles. The lowest BCUT2D eigenvalue weighted by atomic mass is 9.96. The fourth-order valence-electron chi connectivity index (χ4n) is 3.20. The van der Waals surface area contributed by atoms with E-state index >= 15 is 0 Å². The van der Waals surface area contributed by atoms with Crippen LogP contribution in [0.25, 0.3) is 0 Å². The minimum atomic E-state index is -0.0976. The Hall–Kier alpha value is -2.83. The molecule has 0 unspecified atom stereocenters. The summed E-state index contributed by atoms with van der Waals surface area (Å²) in [5.74, 6) is 1.24. The van der Waals surface area contributed by atoms with Crippen molar-refractivity contribution < 1.29 is 14.3 Å². The average molecular weight is 370 g/mol. The lowest BCUT2D eigenvalue weighted by Gasteiger charge is -2.31. The highest BCUT2D eigenvalue weighted by Gasteiger charge is 2.28. The van der Waals surface area contributed by atoms with Gasteiger partial charge < -0.3 is 15.0 Å². The SMILES string of the molecule is CC(C)n1nccc1NC(=O)C1CCN(C(=O)COc2ccccc2)CC1. The first-order valence-electron chi connectivity index (χ1n) is 9.34. The van der Waals surface area contributed by atoms with Gasteiger partial charge >= 0.3 is 0 Å². The molecule has 1 aliphatic rings. The summed E-state index contributed by atoms with van der Waals surface area (Å²) in [5.41, 5.74) is 0. The molecule has 0 aliphatic carbocycles. The average Bonchev–Trinajstić information content (AvgIpc) is 3.15. The standard InChI is InChI=1S/C20H26N4O3/c1-15(2)24-18(8-11-21-24)22-20(26)16-9-12-23(13-10-16)19(25)14-27-17-6-4-3-5-7-17/h3-8,11,15-16H,9-10,12-14H2,1-2H3,(H,22,26). The molecule has 2 heterocycles. The number of nitrogens with one attached hydrogen (secondary N) is 1. The number of carbonyl (C=O) groups is 2. The summed E-state index contributed by atoms with van der Waals surface area (Å²) in [5, 5.41) is 7.20. The summed E-state index contributed by atoms with van der Waals surface area (Å²) in [4.78, 5) is 26.6. The van der Waals surface area contributed by atoms with Gasteiger partial charge in [-0.1, -0.05) is 18.2 Å². The Bertz CT molecular complexity index is 765. The van der Waals surface area contributed by atoms with Crippen molar-refractivity contribution in [3.63, 3.8) is 0 Å². The number of para-hydroxylation sites is 1. The van der Waals surface area contributed by atoms with Gasteiger partial charge in [0, 0.05) is 31.1 Å². The van der Waals surface area contributed by atoms with E-state index in [9.17, 15) is 9.59 Å². The van der Waals surface area contributed by atoms with Gasteiger partial charge in [-0.25, -0.2) is 4.68 Å². The quantitative estimate of drug-likeness (QED) is 0.848. The van der Waals surface area contributed by atoms with Crippen molar-refractivity contribution in [1.29, 1.82) is 0 Å². The Labute approximate surface area is 159 Å². The van der Waals surface area contributed by atoms with Crippen molar-refractivity contribution >= 4 is 17.6 Å². The zero-order valence-corrected chi connectivity index (χ0v) is 15.8. The van der Waals surface area contributed by atoms with Crippen molar-refractivity contribution in [2.45, 2.75) is 32.7 Å². The van der Waals surface area contributed by atoms with Gasteiger partial charge in [0.05, 0.1) is 6.20 Å². The number of aromatic nitrogens is 2. The van der Waals surface area contributed by atoms with E-state index < -0.39 is 0 Å². The Morgan fingerprint density at radius 3 is 2.56 bits per heavy atom. The van der Waals surface area contributed by atoms with E-state index in [1.165, 1.54) is 0 Å². The van der Waals surface area contributed by atoms with Crippen molar-refractivity contribution in [3.8, 4) is 5.75 Å². The number of nitrogens with zero attached hydrogens (tertiary/aromatic N) is 3. The minimum absolute atomic E-state index is 0.00923. The van der Waals surface area contributed by atoms with Gasteiger partial charge in [0.1, 0.15) is 11.6 Å². The van der Waals surface area contributed by atoms with Crippen LogP contribution in [0.4, 0.5) is 5.82 Å². The van der Waals surface area contributed by atoms with E-state index in [4.69, 9.17) is 4.74 Å². The lowest BCUT2D eigenvalue weighted by Crippen LogP contribution is -2.43. The van der Waals surface area contributed by atoms with Gasteiger partial charge in [-0.2, -0.15) is 5.10 Å². The number of carbonyl (C=O) groups excluding carboxylic acids is 2. The predicted octanol–water partition coefficient (Wildman–Crippen LogP) is 2.72. The molecular weight excluding hydrogens is 344 g/mol. The van der Waals surface area contributed by atoms with E-state index in [0.29, 0.717) is 37.5 Å². The molecule has 3 rings (SSSR count). The molecule has 0 saturated carbocycles. The molecule has 1 N–H and O–H groups in total. The molecule has 0 atom stereocenters. The zero-order chi connectivity index (χ0) is 19.2. The van der Waals surface area contributed by atoms with Crippen LogP contribution in [0, 0.1) is 5.92 Å². The largest absolute Gasteiger partial charge is 0.484 e. The first-order valence-corrected chi connectivity index (χ1v) is 9.34. The maximum absolute atomic E-state index is 12.5. The minimum Gasteiger partial charge on any atom is -0.484 e. The number of likely N-dealkylation sites (tertiary alicyclic amines) is 1. The monoisotopic (exact) mass is 370 g/mol. The summed E-state index contributed by atoms with van der Waals surface area (Å²) < 4.78 is 7.31. The fourth-order valence-corrected chi connectivity index (χ4v) is 3.20. The summed E-state index contributed by atoms with van der Waals surface area (Å²) in [7, 11) is 0. The van der Waals surface area contributed by atoms with E-state index in [1.54, 1.807) is 21.8 Å². The maximum atomic E-state index is 12.5. The molecule has 1 aliphatic heterocycles. The number of anilines is 1. The van der Waals surface area contributed by atoms with Gasteiger partial charge in [0.2, 0.25) is 5.91 Å². The van der Waals surface area contributed by atoms with Crippen molar-refractivity contribution in [1.82, 2.24) is 14.7 Å². The second-order valence-electron chi connectivity index (χ2n) is 7.00. The second kappa shape index (κ2) is 8.70. The number of piperidine rings is 1. The van der Waals surface area contributed by atoms with Gasteiger partial charge in [-0.3, -0.25) is 9.59 Å². The van der Waals surface area contributed by atoms with Gasteiger partial charge in [-0.15, -0.1) is 0 Å². The summed E-state index contributed by atoms with van der Waals surface area (Å²) in [6.45, 7) is 5.19. The third-order valence-corrected chi connectivity index (χ3v) is 4.73. The maximum Gasteiger partial charge on any atom is 0.260 e. The van der Waals surface area contributed by atoms with Crippen LogP contribution in [0.2, 0.25) is 0 Å². The molecule has 0 spiro atoms.